The van der Waals surface area contributed by atoms with E-state index >= 15 is 0 Å². The molecule has 0 radical (unpaired) electrons. The van der Waals surface area contributed by atoms with Crippen molar-refractivity contribution in [3.8, 4) is 0 Å². The normalized spacial score (nSPS) is 11.2. The average molecular weight is 215 g/mol. The smallest absolute Gasteiger partial charge is 0.274 e. The molecule has 0 saturated carbocycles. The van der Waals surface area contributed by atoms with E-state index in [1.807, 2.05) is 0 Å². The zero-order chi connectivity index (χ0) is 9.84. The second-order valence-electron chi connectivity index (χ2n) is 2.58. The van der Waals surface area contributed by atoms with Gasteiger partial charge in [-0.05, 0) is 0 Å². The Kier molecular flexibility index (Phi) is 4.83. The van der Waals surface area contributed by atoms with Crippen molar-refractivity contribution < 1.29 is 4.92 Å². The van der Waals surface area contributed by atoms with Crippen LogP contribution in [0.4, 0.5) is 5.69 Å². The van der Waals surface area contributed by atoms with Gasteiger partial charge in [0, 0.05) is 6.07 Å². The Labute approximate surface area is 88.0 Å². The Hall–Kier alpha value is -1.39. The molecule has 0 bridgehead atoms. The summed E-state index contributed by atoms with van der Waals surface area (Å²) in [7, 11) is 0. The third-order valence-electron chi connectivity index (χ3n) is 1.75. The van der Waals surface area contributed by atoms with Gasteiger partial charge in [-0.3, -0.25) is 10.1 Å². The SMILES string of the molecule is C=C[C@@H](N)c1ccccc1[N+](=O)[O-].Cl. The molecule has 0 aliphatic heterocycles. The van der Waals surface area contributed by atoms with Crippen LogP contribution in [0.25, 0.3) is 0 Å². The van der Waals surface area contributed by atoms with E-state index in [1.165, 1.54) is 12.1 Å². The molecule has 0 unspecified atom stereocenters. The van der Waals surface area contributed by atoms with Gasteiger partial charge < -0.3 is 5.73 Å². The predicted octanol–water partition coefficient (Wildman–Crippen LogP) is 2.20. The molecule has 2 N–H and O–H groups in total. The minimum atomic E-state index is -0.485. The summed E-state index contributed by atoms with van der Waals surface area (Å²) >= 11 is 0. The van der Waals surface area contributed by atoms with Crippen molar-refractivity contribution in [2.24, 2.45) is 5.73 Å². The number of nitro benzene ring substituents is 1. The number of benzene rings is 1. The molecule has 1 aromatic carbocycles. The first-order valence-corrected chi connectivity index (χ1v) is 3.78. The van der Waals surface area contributed by atoms with Gasteiger partial charge in [0.25, 0.3) is 5.69 Å². The second kappa shape index (κ2) is 5.36. The number of hydrogen-bond donors (Lipinski definition) is 1. The van der Waals surface area contributed by atoms with Crippen LogP contribution < -0.4 is 5.73 Å². The van der Waals surface area contributed by atoms with Crippen molar-refractivity contribution in [1.82, 2.24) is 0 Å². The van der Waals surface area contributed by atoms with Crippen LogP contribution in [0.3, 0.4) is 0 Å². The number of para-hydroxylation sites is 1. The molecule has 0 spiro atoms. The minimum absolute atomic E-state index is 0. The summed E-state index contributed by atoms with van der Waals surface area (Å²) in [6, 6.07) is 5.90. The molecule has 5 heteroatoms. The fraction of sp³-hybridized carbons (Fsp3) is 0.111. The summed E-state index contributed by atoms with van der Waals surface area (Å²) in [5, 5.41) is 10.6. The minimum Gasteiger partial charge on any atom is -0.321 e. The standard InChI is InChI=1S/C9H10N2O2.ClH/c1-2-8(10)7-5-3-4-6-9(7)11(12)13;/h2-6,8H,1,10H2;1H/t8-;/m1./s1. The molecule has 1 aromatic rings. The lowest BCUT2D eigenvalue weighted by Gasteiger charge is -2.05. The average Bonchev–Trinajstić information content (AvgIpc) is 2.16. The molecule has 0 aromatic heterocycles. The molecule has 0 fully saturated rings. The fourth-order valence-corrected chi connectivity index (χ4v) is 1.06. The summed E-state index contributed by atoms with van der Waals surface area (Å²) in [5.41, 5.74) is 6.14. The van der Waals surface area contributed by atoms with Crippen molar-refractivity contribution in [2.45, 2.75) is 6.04 Å². The van der Waals surface area contributed by atoms with Gasteiger partial charge in [0.1, 0.15) is 0 Å². The molecule has 0 heterocycles. The van der Waals surface area contributed by atoms with Crippen LogP contribution >= 0.6 is 12.4 Å². The van der Waals surface area contributed by atoms with Gasteiger partial charge in [-0.15, -0.1) is 19.0 Å². The first-order valence-electron chi connectivity index (χ1n) is 3.78. The number of nitrogens with zero attached hydrogens (tertiary/aromatic N) is 1. The summed E-state index contributed by atoms with van der Waals surface area (Å²) in [4.78, 5) is 10.1. The first kappa shape index (κ1) is 12.6. The molecule has 0 aliphatic rings. The summed E-state index contributed by atoms with van der Waals surface area (Å²) in [6.07, 6.45) is 1.47. The molecule has 76 valence electrons. The zero-order valence-electron chi connectivity index (χ0n) is 7.42. The number of nitrogens with two attached hydrogens (primary N) is 1. The van der Waals surface area contributed by atoms with Crippen molar-refractivity contribution >= 4 is 18.1 Å². The van der Waals surface area contributed by atoms with E-state index in [0.29, 0.717) is 5.56 Å². The largest absolute Gasteiger partial charge is 0.321 e. The van der Waals surface area contributed by atoms with Crippen LogP contribution in [0.15, 0.2) is 36.9 Å². The molecule has 14 heavy (non-hydrogen) atoms. The first-order chi connectivity index (χ1) is 6.16. The number of hydrogen-bond acceptors (Lipinski definition) is 3. The van der Waals surface area contributed by atoms with Crippen LogP contribution in [-0.4, -0.2) is 4.92 Å². The van der Waals surface area contributed by atoms with E-state index < -0.39 is 11.0 Å². The van der Waals surface area contributed by atoms with Crippen LogP contribution in [0, 0.1) is 10.1 Å². The Morgan fingerprint density at radius 1 is 1.50 bits per heavy atom. The monoisotopic (exact) mass is 214 g/mol. The van der Waals surface area contributed by atoms with E-state index in [4.69, 9.17) is 5.73 Å². The summed E-state index contributed by atoms with van der Waals surface area (Å²) in [6.45, 7) is 3.49. The topological polar surface area (TPSA) is 69.2 Å². The molecule has 0 amide bonds. The van der Waals surface area contributed by atoms with Gasteiger partial charge in [0.2, 0.25) is 0 Å². The van der Waals surface area contributed by atoms with Gasteiger partial charge in [-0.2, -0.15) is 0 Å². The van der Waals surface area contributed by atoms with E-state index in [-0.39, 0.29) is 18.1 Å². The second-order valence-corrected chi connectivity index (χ2v) is 2.58. The van der Waals surface area contributed by atoms with Crippen molar-refractivity contribution in [2.75, 3.05) is 0 Å². The molecular formula is C9H11ClN2O2. The lowest BCUT2D eigenvalue weighted by molar-refractivity contribution is -0.385. The maximum atomic E-state index is 10.6. The molecule has 4 nitrogen and oxygen atoms in total. The van der Waals surface area contributed by atoms with Gasteiger partial charge in [0.15, 0.2) is 0 Å². The lowest BCUT2D eigenvalue weighted by atomic mass is 10.1. The van der Waals surface area contributed by atoms with E-state index in [0.717, 1.165) is 0 Å². The van der Waals surface area contributed by atoms with E-state index in [1.54, 1.807) is 18.2 Å². The molecule has 1 atom stereocenters. The van der Waals surface area contributed by atoms with E-state index in [2.05, 4.69) is 6.58 Å². The lowest BCUT2D eigenvalue weighted by Crippen LogP contribution is -2.08. The molecule has 0 saturated heterocycles. The van der Waals surface area contributed by atoms with Gasteiger partial charge in [-0.25, -0.2) is 0 Å². The quantitative estimate of drug-likeness (QED) is 0.477. The Morgan fingerprint density at radius 3 is 2.57 bits per heavy atom. The highest BCUT2D eigenvalue weighted by Gasteiger charge is 2.15. The Morgan fingerprint density at radius 2 is 2.07 bits per heavy atom. The predicted molar refractivity (Wildman–Crippen MR) is 57.5 cm³/mol. The Bertz CT molecular complexity index is 341. The van der Waals surface area contributed by atoms with Crippen molar-refractivity contribution in [1.29, 1.82) is 0 Å². The summed E-state index contributed by atoms with van der Waals surface area (Å²) in [5.74, 6) is 0. The van der Waals surface area contributed by atoms with Gasteiger partial charge in [-0.1, -0.05) is 24.3 Å². The third-order valence-corrected chi connectivity index (χ3v) is 1.75. The summed E-state index contributed by atoms with van der Waals surface area (Å²) < 4.78 is 0. The number of rotatable bonds is 3. The highest BCUT2D eigenvalue weighted by atomic mass is 35.5. The zero-order valence-corrected chi connectivity index (χ0v) is 8.24. The highest BCUT2D eigenvalue weighted by Crippen LogP contribution is 2.23. The maximum absolute atomic E-state index is 10.6. The van der Waals surface area contributed by atoms with Gasteiger partial charge in [0.05, 0.1) is 16.5 Å². The number of halogens is 1. The molecular weight excluding hydrogens is 204 g/mol. The van der Waals surface area contributed by atoms with Crippen molar-refractivity contribution in [3.63, 3.8) is 0 Å². The van der Waals surface area contributed by atoms with Crippen molar-refractivity contribution in [3.05, 3.63) is 52.6 Å². The van der Waals surface area contributed by atoms with E-state index in [9.17, 15) is 10.1 Å². The van der Waals surface area contributed by atoms with Crippen LogP contribution in [0.1, 0.15) is 11.6 Å². The van der Waals surface area contributed by atoms with Crippen LogP contribution in [0.2, 0.25) is 0 Å². The number of nitro groups is 1. The maximum Gasteiger partial charge on any atom is 0.274 e. The van der Waals surface area contributed by atoms with Gasteiger partial charge >= 0.3 is 0 Å². The molecule has 0 aliphatic carbocycles. The third kappa shape index (κ3) is 2.55. The highest BCUT2D eigenvalue weighted by molar-refractivity contribution is 5.85. The Balaban J connectivity index is 0.00000169. The van der Waals surface area contributed by atoms with Crippen LogP contribution in [0.5, 0.6) is 0 Å². The fourth-order valence-electron chi connectivity index (χ4n) is 1.06. The van der Waals surface area contributed by atoms with Crippen LogP contribution in [-0.2, 0) is 0 Å². The molecule has 1 rings (SSSR count).